The van der Waals surface area contributed by atoms with Crippen molar-refractivity contribution < 1.29 is 18.9 Å². The topological polar surface area (TPSA) is 76.6 Å². The smallest absolute Gasteiger partial charge is 0.203 e. The van der Waals surface area contributed by atoms with Crippen LogP contribution in [0.15, 0.2) is 17.1 Å². The summed E-state index contributed by atoms with van der Waals surface area (Å²) in [6.07, 6.45) is 1.13. The molecule has 0 aromatic heterocycles. The molecule has 2 N–H and O–H groups in total. The fourth-order valence-corrected chi connectivity index (χ4v) is 3.76. The van der Waals surface area contributed by atoms with Crippen molar-refractivity contribution in [3.05, 3.63) is 17.7 Å². The summed E-state index contributed by atoms with van der Waals surface area (Å²) < 4.78 is 21.9. The second kappa shape index (κ2) is 14.6. The van der Waals surface area contributed by atoms with Gasteiger partial charge < -0.3 is 29.6 Å². The Bertz CT molecular complexity index is 682. The zero-order valence-corrected chi connectivity index (χ0v) is 22.0. The number of hydrogen-bond acceptors (Lipinski definition) is 6. The molecule has 1 aliphatic rings. The van der Waals surface area contributed by atoms with Crippen LogP contribution in [-0.4, -0.2) is 78.1 Å². The Morgan fingerprint density at radius 3 is 2.29 bits per heavy atom. The first-order valence-electron chi connectivity index (χ1n) is 10.6. The van der Waals surface area contributed by atoms with Crippen LogP contribution in [0.4, 0.5) is 0 Å². The number of nitrogens with zero attached hydrogens (tertiary/aromatic N) is 2. The van der Waals surface area contributed by atoms with Gasteiger partial charge in [0.1, 0.15) is 0 Å². The maximum Gasteiger partial charge on any atom is 0.203 e. The van der Waals surface area contributed by atoms with Gasteiger partial charge in [-0.15, -0.1) is 24.0 Å². The Hall–Kier alpha value is -1.46. The summed E-state index contributed by atoms with van der Waals surface area (Å²) in [6.45, 7) is 9.49. The largest absolute Gasteiger partial charge is 0.493 e. The normalized spacial score (nSPS) is 15.8. The first-order chi connectivity index (χ1) is 14.5. The molecule has 0 spiro atoms. The van der Waals surface area contributed by atoms with Crippen molar-refractivity contribution in [1.82, 2.24) is 15.5 Å². The standard InChI is InChI=1S/C22H38N4O4.HI/c1-16(2)13-18(26-9-11-30-12-10-26)15-25-22(23-3)24-14-17-7-8-19(27-4)21(29-6)20(17)28-5;/h7-8,16,18H,9-15H2,1-6H3,(H2,23,24,25);1H. The van der Waals surface area contributed by atoms with E-state index in [0.717, 1.165) is 50.8 Å². The molecular formula is C22H39IN4O4. The molecule has 1 atom stereocenters. The minimum atomic E-state index is 0. The van der Waals surface area contributed by atoms with Gasteiger partial charge in [0.2, 0.25) is 5.75 Å². The average Bonchev–Trinajstić information content (AvgIpc) is 2.77. The van der Waals surface area contributed by atoms with E-state index in [0.29, 0.717) is 35.8 Å². The van der Waals surface area contributed by atoms with E-state index in [1.807, 2.05) is 12.1 Å². The van der Waals surface area contributed by atoms with E-state index in [-0.39, 0.29) is 24.0 Å². The van der Waals surface area contributed by atoms with Gasteiger partial charge >= 0.3 is 0 Å². The Morgan fingerprint density at radius 1 is 1.06 bits per heavy atom. The fourth-order valence-electron chi connectivity index (χ4n) is 3.76. The van der Waals surface area contributed by atoms with Crippen molar-refractivity contribution in [3.8, 4) is 17.2 Å². The fraction of sp³-hybridized carbons (Fsp3) is 0.682. The van der Waals surface area contributed by atoms with Gasteiger partial charge in [0.15, 0.2) is 17.5 Å². The van der Waals surface area contributed by atoms with E-state index in [1.165, 1.54) is 0 Å². The zero-order valence-electron chi connectivity index (χ0n) is 19.7. The molecule has 1 saturated heterocycles. The monoisotopic (exact) mass is 550 g/mol. The first-order valence-corrected chi connectivity index (χ1v) is 10.6. The predicted octanol–water partition coefficient (Wildman–Crippen LogP) is 2.74. The Morgan fingerprint density at radius 2 is 1.74 bits per heavy atom. The summed E-state index contributed by atoms with van der Waals surface area (Å²) in [5.41, 5.74) is 0.963. The zero-order chi connectivity index (χ0) is 21.9. The van der Waals surface area contributed by atoms with Gasteiger partial charge in [-0.05, 0) is 24.5 Å². The number of guanidine groups is 1. The number of rotatable bonds is 10. The molecule has 31 heavy (non-hydrogen) atoms. The third kappa shape index (κ3) is 8.19. The maximum atomic E-state index is 5.57. The molecule has 1 aromatic carbocycles. The van der Waals surface area contributed by atoms with E-state index in [4.69, 9.17) is 18.9 Å². The molecule has 8 nitrogen and oxygen atoms in total. The van der Waals surface area contributed by atoms with Crippen LogP contribution in [0.3, 0.4) is 0 Å². The minimum absolute atomic E-state index is 0. The van der Waals surface area contributed by atoms with Gasteiger partial charge in [-0.3, -0.25) is 9.89 Å². The molecule has 0 bridgehead atoms. The molecule has 0 saturated carbocycles. The van der Waals surface area contributed by atoms with Gasteiger partial charge in [-0.25, -0.2) is 0 Å². The van der Waals surface area contributed by atoms with Crippen molar-refractivity contribution in [3.63, 3.8) is 0 Å². The molecule has 2 rings (SSSR count). The van der Waals surface area contributed by atoms with Gasteiger partial charge in [0, 0.05) is 44.8 Å². The van der Waals surface area contributed by atoms with Gasteiger partial charge in [0.05, 0.1) is 34.5 Å². The second-order valence-corrected chi connectivity index (χ2v) is 7.73. The first kappa shape index (κ1) is 27.6. The summed E-state index contributed by atoms with van der Waals surface area (Å²) in [5.74, 6) is 3.28. The molecule has 1 unspecified atom stereocenters. The molecule has 0 aliphatic carbocycles. The summed E-state index contributed by atoms with van der Waals surface area (Å²) in [4.78, 5) is 6.90. The number of aliphatic imine (C=N–C) groups is 1. The lowest BCUT2D eigenvalue weighted by Gasteiger charge is -2.35. The van der Waals surface area contributed by atoms with Crippen molar-refractivity contribution in [1.29, 1.82) is 0 Å². The lowest BCUT2D eigenvalue weighted by Crippen LogP contribution is -2.51. The lowest BCUT2D eigenvalue weighted by molar-refractivity contribution is 0.0132. The van der Waals surface area contributed by atoms with Crippen LogP contribution in [0, 0.1) is 5.92 Å². The van der Waals surface area contributed by atoms with Gasteiger partial charge in [-0.1, -0.05) is 13.8 Å². The lowest BCUT2D eigenvalue weighted by atomic mass is 10.0. The second-order valence-electron chi connectivity index (χ2n) is 7.73. The predicted molar refractivity (Wildman–Crippen MR) is 135 cm³/mol. The highest BCUT2D eigenvalue weighted by Crippen LogP contribution is 2.39. The highest BCUT2D eigenvalue weighted by atomic mass is 127. The van der Waals surface area contributed by atoms with Crippen LogP contribution >= 0.6 is 24.0 Å². The van der Waals surface area contributed by atoms with Gasteiger partial charge in [-0.2, -0.15) is 0 Å². The number of methoxy groups -OCH3 is 3. The Labute approximate surface area is 204 Å². The van der Waals surface area contributed by atoms with Crippen molar-refractivity contribution in [2.24, 2.45) is 10.9 Å². The molecule has 1 heterocycles. The summed E-state index contributed by atoms with van der Waals surface area (Å²) in [5, 5.41) is 6.87. The van der Waals surface area contributed by atoms with Crippen LogP contribution in [0.5, 0.6) is 17.2 Å². The van der Waals surface area contributed by atoms with Crippen molar-refractivity contribution >= 4 is 29.9 Å². The summed E-state index contributed by atoms with van der Waals surface area (Å²) in [6, 6.07) is 4.30. The van der Waals surface area contributed by atoms with E-state index in [9.17, 15) is 0 Å². The third-order valence-electron chi connectivity index (χ3n) is 5.27. The number of ether oxygens (including phenoxy) is 4. The van der Waals surface area contributed by atoms with Crippen LogP contribution < -0.4 is 24.8 Å². The maximum absolute atomic E-state index is 5.57. The molecule has 9 heteroatoms. The van der Waals surface area contributed by atoms with Crippen LogP contribution in [-0.2, 0) is 11.3 Å². The Kier molecular flexibility index (Phi) is 13.0. The quantitative estimate of drug-likeness (QED) is 0.264. The van der Waals surface area contributed by atoms with E-state index in [1.54, 1.807) is 28.4 Å². The molecule has 178 valence electrons. The molecule has 0 radical (unpaired) electrons. The highest BCUT2D eigenvalue weighted by Gasteiger charge is 2.22. The summed E-state index contributed by atoms with van der Waals surface area (Å²) in [7, 11) is 6.64. The molecule has 1 aliphatic heterocycles. The van der Waals surface area contributed by atoms with Crippen LogP contribution in [0.25, 0.3) is 0 Å². The number of morpholine rings is 1. The number of benzene rings is 1. The van der Waals surface area contributed by atoms with E-state index >= 15 is 0 Å². The van der Waals surface area contributed by atoms with Crippen LogP contribution in [0.1, 0.15) is 25.8 Å². The van der Waals surface area contributed by atoms with E-state index < -0.39 is 0 Å². The molecule has 1 fully saturated rings. The summed E-state index contributed by atoms with van der Waals surface area (Å²) >= 11 is 0. The van der Waals surface area contributed by atoms with Crippen molar-refractivity contribution in [2.75, 3.05) is 61.2 Å². The number of halogens is 1. The van der Waals surface area contributed by atoms with Crippen molar-refractivity contribution in [2.45, 2.75) is 32.9 Å². The Balaban J connectivity index is 0.00000480. The highest BCUT2D eigenvalue weighted by molar-refractivity contribution is 14.0. The minimum Gasteiger partial charge on any atom is -0.493 e. The van der Waals surface area contributed by atoms with E-state index in [2.05, 4.69) is 34.4 Å². The third-order valence-corrected chi connectivity index (χ3v) is 5.27. The molecule has 1 aromatic rings. The number of hydrogen-bond donors (Lipinski definition) is 2. The van der Waals surface area contributed by atoms with Gasteiger partial charge in [0.25, 0.3) is 0 Å². The molecular weight excluding hydrogens is 511 g/mol. The SMILES string of the molecule is CN=C(NCc1ccc(OC)c(OC)c1OC)NCC(CC(C)C)N1CCOCC1.I. The average molecular weight is 550 g/mol. The molecule has 0 amide bonds. The number of nitrogens with one attached hydrogen (secondary N) is 2. The van der Waals surface area contributed by atoms with Crippen LogP contribution in [0.2, 0.25) is 0 Å².